The van der Waals surface area contributed by atoms with E-state index >= 15 is 0 Å². The van der Waals surface area contributed by atoms with E-state index in [2.05, 4.69) is 10.4 Å². The Morgan fingerprint density at radius 2 is 2.08 bits per heavy atom. The molecular weight excluding hydrogens is 338 g/mol. The van der Waals surface area contributed by atoms with E-state index in [0.717, 1.165) is 23.4 Å². The predicted octanol–water partition coefficient (Wildman–Crippen LogP) is 4.11. The summed E-state index contributed by atoms with van der Waals surface area (Å²) in [5, 5.41) is 7.56. The standard InChI is InChI=1S/C19H18ClN3O2/c1-2-14-6-3-4-7-18(14)25-13-19(24)22-16-12-15(20)8-9-17(16)23-11-5-10-21-23/h3-12H,2,13H2,1H3,(H,22,24). The first kappa shape index (κ1) is 17.0. The number of hydrogen-bond donors (Lipinski definition) is 1. The third-order valence-corrected chi connectivity index (χ3v) is 3.93. The monoisotopic (exact) mass is 355 g/mol. The second kappa shape index (κ2) is 7.85. The van der Waals surface area contributed by atoms with Crippen molar-refractivity contribution in [2.24, 2.45) is 0 Å². The zero-order chi connectivity index (χ0) is 17.6. The van der Waals surface area contributed by atoms with Crippen LogP contribution in [0.3, 0.4) is 0 Å². The van der Waals surface area contributed by atoms with Gasteiger partial charge in [0, 0.05) is 17.4 Å². The number of ether oxygens (including phenoxy) is 1. The van der Waals surface area contributed by atoms with Gasteiger partial charge in [-0.3, -0.25) is 4.79 Å². The van der Waals surface area contributed by atoms with Crippen molar-refractivity contribution in [2.75, 3.05) is 11.9 Å². The third kappa shape index (κ3) is 4.19. The number of hydrogen-bond acceptors (Lipinski definition) is 3. The molecule has 6 heteroatoms. The molecule has 0 aliphatic rings. The fraction of sp³-hybridized carbons (Fsp3) is 0.158. The highest BCUT2D eigenvalue weighted by Crippen LogP contribution is 2.24. The summed E-state index contributed by atoms with van der Waals surface area (Å²) in [6, 6.07) is 14.7. The van der Waals surface area contributed by atoms with E-state index in [-0.39, 0.29) is 12.5 Å². The number of aromatic nitrogens is 2. The Morgan fingerprint density at radius 1 is 1.24 bits per heavy atom. The maximum Gasteiger partial charge on any atom is 0.262 e. The average Bonchev–Trinajstić information content (AvgIpc) is 3.14. The van der Waals surface area contributed by atoms with Crippen LogP contribution in [0.15, 0.2) is 60.9 Å². The number of benzene rings is 2. The van der Waals surface area contributed by atoms with E-state index in [9.17, 15) is 4.79 Å². The number of rotatable bonds is 6. The topological polar surface area (TPSA) is 56.1 Å². The summed E-state index contributed by atoms with van der Waals surface area (Å²) in [5.41, 5.74) is 2.38. The molecule has 128 valence electrons. The van der Waals surface area contributed by atoms with Crippen LogP contribution in [0.2, 0.25) is 5.02 Å². The molecule has 0 fully saturated rings. The largest absolute Gasteiger partial charge is 0.483 e. The minimum absolute atomic E-state index is 0.0813. The summed E-state index contributed by atoms with van der Waals surface area (Å²) >= 11 is 6.06. The van der Waals surface area contributed by atoms with Crippen molar-refractivity contribution in [1.82, 2.24) is 9.78 Å². The molecule has 3 rings (SSSR count). The van der Waals surface area contributed by atoms with Gasteiger partial charge in [0.05, 0.1) is 11.4 Å². The second-order valence-electron chi connectivity index (χ2n) is 5.41. The molecule has 0 spiro atoms. The molecule has 1 aromatic heterocycles. The predicted molar refractivity (Wildman–Crippen MR) is 98.5 cm³/mol. The van der Waals surface area contributed by atoms with Crippen LogP contribution in [-0.2, 0) is 11.2 Å². The van der Waals surface area contributed by atoms with Gasteiger partial charge in [0.25, 0.3) is 5.91 Å². The van der Waals surface area contributed by atoms with E-state index in [1.165, 1.54) is 0 Å². The second-order valence-corrected chi connectivity index (χ2v) is 5.85. The number of aryl methyl sites for hydroxylation is 1. The number of halogens is 1. The van der Waals surface area contributed by atoms with Gasteiger partial charge in [-0.15, -0.1) is 0 Å². The van der Waals surface area contributed by atoms with Gasteiger partial charge in [-0.25, -0.2) is 4.68 Å². The number of amides is 1. The van der Waals surface area contributed by atoms with Gasteiger partial charge in [-0.05, 0) is 42.3 Å². The zero-order valence-corrected chi connectivity index (χ0v) is 14.5. The van der Waals surface area contributed by atoms with E-state index in [1.807, 2.05) is 37.3 Å². The van der Waals surface area contributed by atoms with Crippen molar-refractivity contribution < 1.29 is 9.53 Å². The molecule has 0 unspecified atom stereocenters. The fourth-order valence-corrected chi connectivity index (χ4v) is 2.66. The molecule has 0 radical (unpaired) electrons. The van der Waals surface area contributed by atoms with Crippen LogP contribution in [0.1, 0.15) is 12.5 Å². The Labute approximate surface area is 151 Å². The van der Waals surface area contributed by atoms with E-state index in [1.54, 1.807) is 35.3 Å². The maximum absolute atomic E-state index is 12.3. The molecule has 0 bridgehead atoms. The molecule has 0 aliphatic heterocycles. The van der Waals surface area contributed by atoms with Gasteiger partial charge in [0.1, 0.15) is 5.75 Å². The molecule has 0 saturated carbocycles. The normalized spacial score (nSPS) is 10.5. The highest BCUT2D eigenvalue weighted by molar-refractivity contribution is 6.31. The molecule has 3 aromatic rings. The molecule has 0 saturated heterocycles. The first-order valence-electron chi connectivity index (χ1n) is 7.97. The summed E-state index contributed by atoms with van der Waals surface area (Å²) in [6.45, 7) is 1.96. The van der Waals surface area contributed by atoms with Crippen LogP contribution < -0.4 is 10.1 Å². The lowest BCUT2D eigenvalue weighted by molar-refractivity contribution is -0.118. The lowest BCUT2D eigenvalue weighted by atomic mass is 10.1. The Bertz CT molecular complexity index is 863. The van der Waals surface area contributed by atoms with Crippen LogP contribution in [0.5, 0.6) is 5.75 Å². The van der Waals surface area contributed by atoms with Gasteiger partial charge >= 0.3 is 0 Å². The quantitative estimate of drug-likeness (QED) is 0.724. The lowest BCUT2D eigenvalue weighted by Gasteiger charge is -2.13. The number of nitrogens with zero attached hydrogens (tertiary/aromatic N) is 2. The zero-order valence-electron chi connectivity index (χ0n) is 13.8. The van der Waals surface area contributed by atoms with Crippen LogP contribution in [-0.4, -0.2) is 22.3 Å². The minimum Gasteiger partial charge on any atom is -0.483 e. The summed E-state index contributed by atoms with van der Waals surface area (Å²) in [5.74, 6) is 0.458. The Morgan fingerprint density at radius 3 is 2.84 bits per heavy atom. The molecule has 0 atom stereocenters. The van der Waals surface area contributed by atoms with Gasteiger partial charge in [-0.1, -0.05) is 36.7 Å². The minimum atomic E-state index is -0.262. The van der Waals surface area contributed by atoms with Crippen LogP contribution >= 0.6 is 11.6 Å². The van der Waals surface area contributed by atoms with Crippen molar-refractivity contribution in [3.05, 3.63) is 71.5 Å². The molecule has 2 aromatic carbocycles. The van der Waals surface area contributed by atoms with Gasteiger partial charge < -0.3 is 10.1 Å². The molecule has 0 aliphatic carbocycles. The summed E-state index contributed by atoms with van der Waals surface area (Å²) in [6.07, 6.45) is 4.31. The molecule has 25 heavy (non-hydrogen) atoms. The number of para-hydroxylation sites is 1. The molecule has 1 heterocycles. The molecular formula is C19H18ClN3O2. The van der Waals surface area contributed by atoms with Crippen molar-refractivity contribution in [3.63, 3.8) is 0 Å². The van der Waals surface area contributed by atoms with Crippen molar-refractivity contribution in [3.8, 4) is 11.4 Å². The molecule has 1 amide bonds. The fourth-order valence-electron chi connectivity index (χ4n) is 2.49. The van der Waals surface area contributed by atoms with Gasteiger partial charge in [0.2, 0.25) is 0 Å². The molecule has 5 nitrogen and oxygen atoms in total. The van der Waals surface area contributed by atoms with E-state index < -0.39 is 0 Å². The van der Waals surface area contributed by atoms with Crippen molar-refractivity contribution >= 4 is 23.2 Å². The number of carbonyl (C=O) groups excluding carboxylic acids is 1. The third-order valence-electron chi connectivity index (χ3n) is 3.70. The first-order valence-corrected chi connectivity index (χ1v) is 8.35. The lowest BCUT2D eigenvalue weighted by Crippen LogP contribution is -2.21. The molecule has 1 N–H and O–H groups in total. The summed E-state index contributed by atoms with van der Waals surface area (Å²) in [7, 11) is 0. The Hall–Kier alpha value is -2.79. The van der Waals surface area contributed by atoms with Gasteiger partial charge in [-0.2, -0.15) is 5.10 Å². The van der Waals surface area contributed by atoms with E-state index in [0.29, 0.717) is 10.7 Å². The van der Waals surface area contributed by atoms with E-state index in [4.69, 9.17) is 16.3 Å². The highest BCUT2D eigenvalue weighted by atomic mass is 35.5. The number of nitrogens with one attached hydrogen (secondary N) is 1. The summed E-state index contributed by atoms with van der Waals surface area (Å²) < 4.78 is 7.32. The number of carbonyl (C=O) groups is 1. The first-order chi connectivity index (χ1) is 12.2. The number of anilines is 1. The summed E-state index contributed by atoms with van der Waals surface area (Å²) in [4.78, 5) is 12.3. The SMILES string of the molecule is CCc1ccccc1OCC(=O)Nc1cc(Cl)ccc1-n1cccn1. The van der Waals surface area contributed by atoms with Crippen LogP contribution in [0.25, 0.3) is 5.69 Å². The van der Waals surface area contributed by atoms with Crippen LogP contribution in [0, 0.1) is 0 Å². The van der Waals surface area contributed by atoms with Gasteiger partial charge in [0.15, 0.2) is 6.61 Å². The van der Waals surface area contributed by atoms with Crippen molar-refractivity contribution in [1.29, 1.82) is 0 Å². The van der Waals surface area contributed by atoms with Crippen molar-refractivity contribution in [2.45, 2.75) is 13.3 Å². The highest BCUT2D eigenvalue weighted by Gasteiger charge is 2.11. The average molecular weight is 356 g/mol. The van der Waals surface area contributed by atoms with Crippen LogP contribution in [0.4, 0.5) is 5.69 Å². The maximum atomic E-state index is 12.3. The Kier molecular flexibility index (Phi) is 5.36. The Balaban J connectivity index is 1.72. The smallest absolute Gasteiger partial charge is 0.262 e.